The normalized spacial score (nSPS) is 10.1. The Kier molecular flexibility index (Phi) is 6.16. The van der Waals surface area contributed by atoms with Crippen molar-refractivity contribution in [2.75, 3.05) is 0 Å². The van der Waals surface area contributed by atoms with Crippen molar-refractivity contribution in [2.24, 2.45) is 0 Å². The van der Waals surface area contributed by atoms with Crippen molar-refractivity contribution in [3.63, 3.8) is 0 Å². The van der Waals surface area contributed by atoms with E-state index in [0.717, 1.165) is 37.3 Å². The molecule has 0 aliphatic carbocycles. The minimum absolute atomic E-state index is 0.312. The molecule has 0 aliphatic rings. The highest BCUT2D eigenvalue weighted by molar-refractivity contribution is 7.66. The molecule has 0 saturated heterocycles. The molecule has 0 aliphatic heterocycles. The first kappa shape index (κ1) is 9.02. The molecule has 1 atom stereocenters. The van der Waals surface area contributed by atoms with Gasteiger partial charge in [0.25, 0.3) is 0 Å². The van der Waals surface area contributed by atoms with Gasteiger partial charge in [-0.2, -0.15) is 0 Å². The zero-order valence-electron chi connectivity index (χ0n) is 5.93. The predicted octanol–water partition coefficient (Wildman–Crippen LogP) is 2.20. The molecule has 9 heavy (non-hydrogen) atoms. The van der Waals surface area contributed by atoms with E-state index >= 15 is 0 Å². The third-order valence-electron chi connectivity index (χ3n) is 1.27. The molecule has 0 aromatic rings. The van der Waals surface area contributed by atoms with Gasteiger partial charge in [-0.15, -0.1) is 0 Å². The largest absolute Gasteiger partial charge is 0.462 e. The minimum Gasteiger partial charge on any atom is -0.0652 e. The van der Waals surface area contributed by atoms with Crippen molar-refractivity contribution in [1.29, 1.82) is 0 Å². The van der Waals surface area contributed by atoms with Crippen LogP contribution < -0.4 is 0 Å². The van der Waals surface area contributed by atoms with Crippen LogP contribution in [-0.2, 0) is 15.9 Å². The molecule has 0 aromatic heterocycles. The van der Waals surface area contributed by atoms with Gasteiger partial charge in [-0.1, -0.05) is 20.3 Å². The van der Waals surface area contributed by atoms with Crippen LogP contribution in [0.3, 0.4) is 0 Å². The number of hydrogen-bond acceptors (Lipinski definition) is 1. The van der Waals surface area contributed by atoms with Crippen LogP contribution in [-0.4, -0.2) is 5.25 Å². The van der Waals surface area contributed by atoms with Crippen LogP contribution in [0.1, 0.15) is 32.6 Å². The van der Waals surface area contributed by atoms with Crippen molar-refractivity contribution in [1.82, 2.24) is 0 Å². The van der Waals surface area contributed by atoms with Crippen LogP contribution in [0.2, 0.25) is 0 Å². The van der Waals surface area contributed by atoms with Gasteiger partial charge in [0.15, 0.2) is 0 Å². The summed E-state index contributed by atoms with van der Waals surface area (Å²) in [5, 5.41) is 0.312. The maximum absolute atomic E-state index is 10.3. The molecule has 0 heterocycles. The van der Waals surface area contributed by atoms with Crippen molar-refractivity contribution < 1.29 is 4.21 Å². The van der Waals surface area contributed by atoms with Gasteiger partial charge in [0.1, 0.15) is 0 Å². The molecule has 2 heteroatoms. The zero-order valence-corrected chi connectivity index (χ0v) is 6.75. The quantitative estimate of drug-likeness (QED) is 0.543. The molecule has 0 bridgehead atoms. The Balaban J connectivity index is 3.29. The van der Waals surface area contributed by atoms with Crippen molar-refractivity contribution in [2.45, 2.75) is 37.9 Å². The molecule has 0 aromatic carbocycles. The van der Waals surface area contributed by atoms with Crippen molar-refractivity contribution in [3.05, 3.63) is 6.92 Å². The minimum atomic E-state index is 0.312. The number of rotatable bonds is 5. The lowest BCUT2D eigenvalue weighted by atomic mass is 10.2. The average Bonchev–Trinajstić information content (AvgIpc) is 1.88. The smallest absolute Gasteiger partial charge is 0.0652 e. The summed E-state index contributed by atoms with van der Waals surface area (Å²) in [5.74, 6) is 0. The summed E-state index contributed by atoms with van der Waals surface area (Å²) < 4.78 is 10.3. The maximum Gasteiger partial charge on any atom is 0.462 e. The van der Waals surface area contributed by atoms with Gasteiger partial charge >= 0.3 is 11.7 Å². The van der Waals surface area contributed by atoms with E-state index < -0.39 is 0 Å². The van der Waals surface area contributed by atoms with E-state index in [0.29, 0.717) is 5.25 Å². The standard InChI is InChI=1S/C7H14OS/c1-3-5-7(9-8)6-4-2/h7H,1,3-6H2,2H3/q+1. The lowest BCUT2D eigenvalue weighted by molar-refractivity contribution is 0.584. The molecule has 1 radical (unpaired) electrons. The van der Waals surface area contributed by atoms with Gasteiger partial charge in [0.2, 0.25) is 5.25 Å². The van der Waals surface area contributed by atoms with Crippen LogP contribution in [0.5, 0.6) is 0 Å². The molecule has 0 N–H and O–H groups in total. The SMILES string of the molecule is [CH2]CCC(CCC)[S+]=O. The first-order valence-electron chi connectivity index (χ1n) is 3.43. The summed E-state index contributed by atoms with van der Waals surface area (Å²) in [7, 11) is 0. The van der Waals surface area contributed by atoms with Crippen LogP contribution in [0.4, 0.5) is 0 Å². The summed E-state index contributed by atoms with van der Waals surface area (Å²) in [4.78, 5) is 0. The topological polar surface area (TPSA) is 17.1 Å². The molecule has 1 unspecified atom stereocenters. The zero-order chi connectivity index (χ0) is 7.11. The molecular formula is C7H14OS+. The van der Waals surface area contributed by atoms with Crippen LogP contribution >= 0.6 is 0 Å². The molecular weight excluding hydrogens is 132 g/mol. The first-order valence-corrected chi connectivity index (χ1v) is 4.23. The fourth-order valence-electron chi connectivity index (χ4n) is 0.790. The summed E-state index contributed by atoms with van der Waals surface area (Å²) in [6.07, 6.45) is 4.02. The van der Waals surface area contributed by atoms with E-state index in [1.165, 1.54) is 0 Å². The van der Waals surface area contributed by atoms with E-state index in [-0.39, 0.29) is 0 Å². The van der Waals surface area contributed by atoms with E-state index in [9.17, 15) is 4.21 Å². The van der Waals surface area contributed by atoms with Crippen molar-refractivity contribution in [3.8, 4) is 0 Å². The summed E-state index contributed by atoms with van der Waals surface area (Å²) in [5.41, 5.74) is 0. The summed E-state index contributed by atoms with van der Waals surface area (Å²) >= 11 is 0.729. The fourth-order valence-corrected chi connectivity index (χ4v) is 1.39. The highest BCUT2D eigenvalue weighted by Gasteiger charge is 2.17. The monoisotopic (exact) mass is 146 g/mol. The fraction of sp³-hybridized carbons (Fsp3) is 0.857. The second-order valence-electron chi connectivity index (χ2n) is 2.15. The molecule has 0 spiro atoms. The Morgan fingerprint density at radius 1 is 1.56 bits per heavy atom. The van der Waals surface area contributed by atoms with Crippen LogP contribution in [0, 0.1) is 6.92 Å². The average molecular weight is 146 g/mol. The van der Waals surface area contributed by atoms with Gasteiger partial charge in [0.05, 0.1) is 0 Å². The molecule has 0 amide bonds. The third-order valence-corrected chi connectivity index (χ3v) is 2.02. The van der Waals surface area contributed by atoms with Crippen LogP contribution in [0.15, 0.2) is 0 Å². The van der Waals surface area contributed by atoms with Crippen LogP contribution in [0.25, 0.3) is 0 Å². The van der Waals surface area contributed by atoms with Crippen molar-refractivity contribution >= 4 is 11.7 Å². The summed E-state index contributed by atoms with van der Waals surface area (Å²) in [6, 6.07) is 0. The maximum atomic E-state index is 10.3. The molecule has 0 rings (SSSR count). The lowest BCUT2D eigenvalue weighted by Gasteiger charge is -1.92. The van der Waals surface area contributed by atoms with E-state index in [4.69, 9.17) is 0 Å². The van der Waals surface area contributed by atoms with Gasteiger partial charge < -0.3 is 0 Å². The first-order chi connectivity index (χ1) is 4.35. The second-order valence-corrected chi connectivity index (χ2v) is 3.01. The summed E-state index contributed by atoms with van der Waals surface area (Å²) in [6.45, 7) is 5.81. The van der Waals surface area contributed by atoms with Gasteiger partial charge in [-0.25, -0.2) is 0 Å². The van der Waals surface area contributed by atoms with E-state index in [1.54, 1.807) is 0 Å². The van der Waals surface area contributed by atoms with E-state index in [1.807, 2.05) is 0 Å². The molecule has 0 fully saturated rings. The highest BCUT2D eigenvalue weighted by atomic mass is 32.1. The van der Waals surface area contributed by atoms with Gasteiger partial charge in [-0.05, 0) is 6.42 Å². The second kappa shape index (κ2) is 6.14. The Morgan fingerprint density at radius 3 is 2.56 bits per heavy atom. The van der Waals surface area contributed by atoms with Gasteiger partial charge in [0, 0.05) is 17.1 Å². The Bertz CT molecular complexity index is 67.3. The third kappa shape index (κ3) is 4.52. The lowest BCUT2D eigenvalue weighted by Crippen LogP contribution is -2.03. The molecule has 0 saturated carbocycles. The van der Waals surface area contributed by atoms with Gasteiger partial charge in [-0.3, -0.25) is 0 Å². The Hall–Kier alpha value is 0.0200. The predicted molar refractivity (Wildman–Crippen MR) is 41.3 cm³/mol. The Morgan fingerprint density at radius 2 is 2.22 bits per heavy atom. The van der Waals surface area contributed by atoms with E-state index in [2.05, 4.69) is 13.8 Å². The molecule has 1 nitrogen and oxygen atoms in total. The highest BCUT2D eigenvalue weighted by Crippen LogP contribution is 2.05. The Labute approximate surface area is 61.3 Å². The number of hydrogen-bond donors (Lipinski definition) is 0. The molecule has 53 valence electrons.